The number of aromatic carboxylic acids is 1. The van der Waals surface area contributed by atoms with Crippen LogP contribution < -0.4 is 5.43 Å². The molecule has 152 valence electrons. The van der Waals surface area contributed by atoms with Gasteiger partial charge in [0.05, 0.1) is 18.2 Å². The number of benzene rings is 1. The Morgan fingerprint density at radius 3 is 2.48 bits per heavy atom. The van der Waals surface area contributed by atoms with E-state index in [2.05, 4.69) is 4.98 Å². The lowest BCUT2D eigenvalue weighted by Gasteiger charge is -2.24. The summed E-state index contributed by atoms with van der Waals surface area (Å²) in [5.74, 6) is -3.33. The van der Waals surface area contributed by atoms with E-state index in [1.54, 1.807) is 10.6 Å². The van der Waals surface area contributed by atoms with E-state index >= 15 is 0 Å². The quantitative estimate of drug-likeness (QED) is 0.661. The highest BCUT2D eigenvalue weighted by atomic mass is 19.2. The first-order chi connectivity index (χ1) is 13.7. The molecule has 0 bridgehead atoms. The summed E-state index contributed by atoms with van der Waals surface area (Å²) >= 11 is 0. The van der Waals surface area contributed by atoms with Crippen LogP contribution in [0.15, 0.2) is 41.5 Å². The van der Waals surface area contributed by atoms with E-state index in [1.165, 1.54) is 18.5 Å². The van der Waals surface area contributed by atoms with Crippen LogP contribution in [0.25, 0.3) is 11.0 Å². The maximum absolute atomic E-state index is 13.5. The smallest absolute Gasteiger partial charge is 0.341 e. The molecule has 0 amide bonds. The zero-order chi connectivity index (χ0) is 21.3. The number of halogens is 2. The van der Waals surface area contributed by atoms with Crippen LogP contribution in [0.2, 0.25) is 0 Å². The van der Waals surface area contributed by atoms with Gasteiger partial charge in [-0.3, -0.25) is 9.78 Å². The van der Waals surface area contributed by atoms with Crippen LogP contribution in [-0.2, 0) is 6.42 Å². The van der Waals surface area contributed by atoms with Crippen molar-refractivity contribution < 1.29 is 23.8 Å². The van der Waals surface area contributed by atoms with E-state index < -0.39 is 34.6 Å². The Morgan fingerprint density at radius 2 is 1.90 bits per heavy atom. The SMILES string of the molecule is CC(C)[C@@H](CO)n1cc(C(=O)O)c(=O)c2ncc(Cc3ccc(F)c(F)c3)cc21. The topological polar surface area (TPSA) is 92.4 Å². The number of carboxylic acid groups (broad SMARTS) is 1. The lowest BCUT2D eigenvalue weighted by molar-refractivity contribution is 0.0694. The van der Waals surface area contributed by atoms with Gasteiger partial charge in [0, 0.05) is 12.4 Å². The first-order valence-corrected chi connectivity index (χ1v) is 9.04. The number of rotatable bonds is 6. The minimum absolute atomic E-state index is 0.0296. The van der Waals surface area contributed by atoms with Crippen molar-refractivity contribution in [3.63, 3.8) is 0 Å². The van der Waals surface area contributed by atoms with Gasteiger partial charge in [-0.2, -0.15) is 0 Å². The van der Waals surface area contributed by atoms with Crippen molar-refractivity contribution in [2.24, 2.45) is 5.92 Å². The maximum atomic E-state index is 13.5. The van der Waals surface area contributed by atoms with Crippen molar-refractivity contribution >= 4 is 17.0 Å². The number of carbonyl (C=O) groups is 1. The Bertz CT molecular complexity index is 1140. The molecule has 3 aromatic rings. The highest BCUT2D eigenvalue weighted by Gasteiger charge is 2.22. The second kappa shape index (κ2) is 8.08. The first kappa shape index (κ1) is 20.6. The number of nitrogens with zero attached hydrogens (tertiary/aromatic N) is 2. The van der Waals surface area contributed by atoms with E-state index in [-0.39, 0.29) is 24.5 Å². The molecule has 6 nitrogen and oxygen atoms in total. The molecule has 0 unspecified atom stereocenters. The van der Waals surface area contributed by atoms with Crippen LogP contribution in [0.4, 0.5) is 8.78 Å². The van der Waals surface area contributed by atoms with Gasteiger partial charge in [-0.1, -0.05) is 19.9 Å². The molecule has 2 N–H and O–H groups in total. The molecule has 1 aromatic carbocycles. The molecule has 0 aliphatic rings. The summed E-state index contributed by atoms with van der Waals surface area (Å²) in [5.41, 5.74) is 0.329. The van der Waals surface area contributed by atoms with E-state index in [4.69, 9.17) is 0 Å². The summed E-state index contributed by atoms with van der Waals surface area (Å²) in [6.07, 6.45) is 2.86. The number of aliphatic hydroxyl groups is 1. The molecule has 3 rings (SSSR count). The number of carboxylic acids is 1. The van der Waals surface area contributed by atoms with Crippen LogP contribution in [0.3, 0.4) is 0 Å². The third kappa shape index (κ3) is 4.02. The summed E-state index contributed by atoms with van der Waals surface area (Å²) in [4.78, 5) is 28.2. The maximum Gasteiger partial charge on any atom is 0.341 e. The predicted octanol–water partition coefficient (Wildman–Crippen LogP) is 3.15. The molecule has 0 aliphatic heterocycles. The van der Waals surface area contributed by atoms with Crippen LogP contribution in [0.5, 0.6) is 0 Å². The Hall–Kier alpha value is -3.13. The van der Waals surface area contributed by atoms with Crippen molar-refractivity contribution in [3.8, 4) is 0 Å². The molecule has 0 aliphatic carbocycles. The largest absolute Gasteiger partial charge is 0.477 e. The monoisotopic (exact) mass is 402 g/mol. The number of fused-ring (bicyclic) bond motifs is 1. The molecule has 0 saturated carbocycles. The summed E-state index contributed by atoms with van der Waals surface area (Å²) in [5, 5.41) is 19.2. The fourth-order valence-corrected chi connectivity index (χ4v) is 3.29. The Kier molecular flexibility index (Phi) is 5.74. The second-order valence-electron chi connectivity index (χ2n) is 7.21. The van der Waals surface area contributed by atoms with E-state index in [9.17, 15) is 28.6 Å². The average molecular weight is 402 g/mol. The summed E-state index contributed by atoms with van der Waals surface area (Å²) < 4.78 is 28.2. The van der Waals surface area contributed by atoms with E-state index in [0.717, 1.165) is 12.1 Å². The Morgan fingerprint density at radius 1 is 1.17 bits per heavy atom. The highest BCUT2D eigenvalue weighted by molar-refractivity contribution is 5.91. The van der Waals surface area contributed by atoms with Crippen molar-refractivity contribution in [1.82, 2.24) is 9.55 Å². The summed E-state index contributed by atoms with van der Waals surface area (Å²) in [6.45, 7) is 3.47. The van der Waals surface area contributed by atoms with Crippen molar-refractivity contribution in [1.29, 1.82) is 0 Å². The second-order valence-corrected chi connectivity index (χ2v) is 7.21. The number of hydrogen-bond acceptors (Lipinski definition) is 4. The number of aromatic nitrogens is 2. The minimum Gasteiger partial charge on any atom is -0.477 e. The molecule has 0 spiro atoms. The van der Waals surface area contributed by atoms with Gasteiger partial charge in [0.25, 0.3) is 0 Å². The van der Waals surface area contributed by atoms with Gasteiger partial charge in [-0.05, 0) is 41.7 Å². The molecular weight excluding hydrogens is 382 g/mol. The molecule has 0 radical (unpaired) electrons. The van der Waals surface area contributed by atoms with Gasteiger partial charge >= 0.3 is 5.97 Å². The first-order valence-electron chi connectivity index (χ1n) is 9.04. The predicted molar refractivity (Wildman–Crippen MR) is 103 cm³/mol. The van der Waals surface area contributed by atoms with Gasteiger partial charge in [0.2, 0.25) is 5.43 Å². The lowest BCUT2D eigenvalue weighted by Crippen LogP contribution is -2.26. The molecule has 8 heteroatoms. The average Bonchev–Trinajstić information content (AvgIpc) is 2.66. The normalized spacial score (nSPS) is 12.5. The van der Waals surface area contributed by atoms with Crippen molar-refractivity contribution in [3.05, 3.63) is 75.2 Å². The summed E-state index contributed by atoms with van der Waals surface area (Å²) in [6, 6.07) is 4.76. The standard InChI is InChI=1S/C21H20F2N2O4/c1-11(2)18(10-26)25-9-14(21(28)29)20(27)19-17(25)7-13(8-24-19)5-12-3-4-15(22)16(23)6-12/h3-4,6-9,11,18,26H,5,10H2,1-2H3,(H,28,29)/t18-/m1/s1. The fourth-order valence-electron chi connectivity index (χ4n) is 3.29. The van der Waals surface area contributed by atoms with Gasteiger partial charge < -0.3 is 14.8 Å². The van der Waals surface area contributed by atoms with Crippen LogP contribution in [0, 0.1) is 17.6 Å². The Balaban J connectivity index is 2.19. The van der Waals surface area contributed by atoms with Gasteiger partial charge in [-0.25, -0.2) is 13.6 Å². The number of aliphatic hydroxyl groups excluding tert-OH is 1. The summed E-state index contributed by atoms with van der Waals surface area (Å²) in [7, 11) is 0. The molecule has 29 heavy (non-hydrogen) atoms. The molecule has 1 atom stereocenters. The van der Waals surface area contributed by atoms with Gasteiger partial charge in [0.15, 0.2) is 11.6 Å². The van der Waals surface area contributed by atoms with Gasteiger partial charge in [-0.15, -0.1) is 0 Å². The van der Waals surface area contributed by atoms with Crippen LogP contribution in [-0.4, -0.2) is 32.3 Å². The zero-order valence-electron chi connectivity index (χ0n) is 15.9. The minimum atomic E-state index is -1.38. The molecular formula is C21H20F2N2O4. The highest BCUT2D eigenvalue weighted by Crippen LogP contribution is 2.24. The fraction of sp³-hybridized carbons (Fsp3) is 0.286. The van der Waals surface area contributed by atoms with Gasteiger partial charge in [0.1, 0.15) is 11.1 Å². The molecule has 0 fully saturated rings. The van der Waals surface area contributed by atoms with E-state index in [1.807, 2.05) is 13.8 Å². The van der Waals surface area contributed by atoms with Crippen molar-refractivity contribution in [2.75, 3.05) is 6.61 Å². The molecule has 2 heterocycles. The zero-order valence-corrected chi connectivity index (χ0v) is 15.9. The number of pyridine rings is 2. The third-order valence-corrected chi connectivity index (χ3v) is 4.87. The third-order valence-electron chi connectivity index (χ3n) is 4.87. The molecule has 2 aromatic heterocycles. The molecule has 0 saturated heterocycles. The van der Waals surface area contributed by atoms with Crippen molar-refractivity contribution in [2.45, 2.75) is 26.3 Å². The van der Waals surface area contributed by atoms with Crippen LogP contribution >= 0.6 is 0 Å². The van der Waals surface area contributed by atoms with E-state index in [0.29, 0.717) is 16.6 Å². The van der Waals surface area contributed by atoms with Crippen LogP contribution in [0.1, 0.15) is 41.4 Å². The Labute approximate surface area is 165 Å². The number of hydrogen-bond donors (Lipinski definition) is 2. The lowest BCUT2D eigenvalue weighted by atomic mass is 10.0.